The molecule has 0 aliphatic heterocycles. The predicted molar refractivity (Wildman–Crippen MR) is 82.7 cm³/mol. The van der Waals surface area contributed by atoms with Gasteiger partial charge in [-0.2, -0.15) is 0 Å². The van der Waals surface area contributed by atoms with Gasteiger partial charge >= 0.3 is 0 Å². The van der Waals surface area contributed by atoms with Crippen molar-refractivity contribution in [2.75, 3.05) is 11.1 Å². The van der Waals surface area contributed by atoms with E-state index in [9.17, 15) is 4.79 Å². The van der Waals surface area contributed by atoms with Gasteiger partial charge in [0, 0.05) is 23.0 Å². The highest BCUT2D eigenvalue weighted by Crippen LogP contribution is 2.21. The molecule has 3 nitrogen and oxygen atoms in total. The molecule has 106 valence electrons. The lowest BCUT2D eigenvalue weighted by atomic mass is 10.0. The summed E-state index contributed by atoms with van der Waals surface area (Å²) in [6.07, 6.45) is 5.92. The summed E-state index contributed by atoms with van der Waals surface area (Å²) in [6.45, 7) is 5.96. The van der Waals surface area contributed by atoms with Crippen molar-refractivity contribution in [2.45, 2.75) is 58.9 Å². The summed E-state index contributed by atoms with van der Waals surface area (Å²) in [6, 6.07) is 6.11. The standard InChI is InChI=1S/C16H26N2O/c1-4-6-8-13(7-5-2)18-14-9-10-16(17)15(11-14)12(3)19/h9-11,13,18H,4-8,17H2,1-3H3. The number of ketones is 1. The third kappa shape index (κ3) is 4.93. The number of carbonyl (C=O) groups excluding carboxylic acids is 1. The molecule has 0 saturated carbocycles. The zero-order chi connectivity index (χ0) is 14.3. The maximum atomic E-state index is 11.5. The van der Waals surface area contributed by atoms with Crippen molar-refractivity contribution in [3.63, 3.8) is 0 Å². The third-order valence-electron chi connectivity index (χ3n) is 3.35. The van der Waals surface area contributed by atoms with Crippen LogP contribution in [0.15, 0.2) is 18.2 Å². The summed E-state index contributed by atoms with van der Waals surface area (Å²) in [4.78, 5) is 11.5. The Morgan fingerprint density at radius 3 is 2.58 bits per heavy atom. The van der Waals surface area contributed by atoms with E-state index in [1.807, 2.05) is 18.2 Å². The number of nitrogens with one attached hydrogen (secondary N) is 1. The fraction of sp³-hybridized carbons (Fsp3) is 0.562. The number of unbranched alkanes of at least 4 members (excludes halogenated alkanes) is 1. The number of hydrogen-bond donors (Lipinski definition) is 2. The van der Waals surface area contributed by atoms with Crippen LogP contribution >= 0.6 is 0 Å². The van der Waals surface area contributed by atoms with Gasteiger partial charge < -0.3 is 11.1 Å². The van der Waals surface area contributed by atoms with Crippen molar-refractivity contribution < 1.29 is 4.79 Å². The smallest absolute Gasteiger partial charge is 0.161 e. The lowest BCUT2D eigenvalue weighted by Gasteiger charge is -2.20. The van der Waals surface area contributed by atoms with Gasteiger partial charge in [-0.15, -0.1) is 0 Å². The predicted octanol–water partition coefficient (Wildman–Crippen LogP) is 4.24. The molecule has 0 aromatic heterocycles. The molecule has 0 aliphatic carbocycles. The summed E-state index contributed by atoms with van der Waals surface area (Å²) in [5.74, 6) is 0.0155. The van der Waals surface area contributed by atoms with Gasteiger partial charge in [0.1, 0.15) is 0 Å². The molecule has 0 spiro atoms. The van der Waals surface area contributed by atoms with Gasteiger partial charge in [0.2, 0.25) is 0 Å². The molecule has 1 atom stereocenters. The first-order valence-electron chi connectivity index (χ1n) is 7.25. The minimum atomic E-state index is 0.0155. The van der Waals surface area contributed by atoms with Crippen LogP contribution in [0.3, 0.4) is 0 Å². The molecule has 19 heavy (non-hydrogen) atoms. The van der Waals surface area contributed by atoms with Crippen LogP contribution in [0, 0.1) is 0 Å². The molecule has 0 fully saturated rings. The number of hydrogen-bond acceptors (Lipinski definition) is 3. The van der Waals surface area contributed by atoms with Crippen LogP contribution in [0.1, 0.15) is 63.2 Å². The van der Waals surface area contributed by atoms with Crippen molar-refractivity contribution in [3.8, 4) is 0 Å². The molecule has 0 radical (unpaired) electrons. The first-order chi connectivity index (χ1) is 9.08. The Bertz CT molecular complexity index is 415. The normalized spacial score (nSPS) is 12.2. The molecule has 1 unspecified atom stereocenters. The summed E-state index contributed by atoms with van der Waals surface area (Å²) < 4.78 is 0. The summed E-state index contributed by atoms with van der Waals surface area (Å²) >= 11 is 0. The lowest BCUT2D eigenvalue weighted by Crippen LogP contribution is -2.19. The van der Waals surface area contributed by atoms with Crippen LogP contribution < -0.4 is 11.1 Å². The lowest BCUT2D eigenvalue weighted by molar-refractivity contribution is 0.101. The SMILES string of the molecule is CCCCC(CCC)Nc1ccc(N)c(C(C)=O)c1. The van der Waals surface area contributed by atoms with Crippen LogP contribution in [0.2, 0.25) is 0 Å². The van der Waals surface area contributed by atoms with Crippen molar-refractivity contribution >= 4 is 17.2 Å². The molecule has 0 saturated heterocycles. The second kappa shape index (κ2) is 7.82. The molecule has 1 rings (SSSR count). The molecule has 1 aromatic carbocycles. The quantitative estimate of drug-likeness (QED) is 0.544. The Morgan fingerprint density at radius 1 is 1.26 bits per heavy atom. The van der Waals surface area contributed by atoms with E-state index >= 15 is 0 Å². The summed E-state index contributed by atoms with van der Waals surface area (Å²) in [7, 11) is 0. The van der Waals surface area contributed by atoms with E-state index in [-0.39, 0.29) is 5.78 Å². The average Bonchev–Trinajstić information content (AvgIpc) is 2.38. The largest absolute Gasteiger partial charge is 0.398 e. The van der Waals surface area contributed by atoms with E-state index in [2.05, 4.69) is 19.2 Å². The van der Waals surface area contributed by atoms with Crippen molar-refractivity contribution in [2.24, 2.45) is 0 Å². The topological polar surface area (TPSA) is 55.1 Å². The van der Waals surface area contributed by atoms with E-state index < -0.39 is 0 Å². The Hall–Kier alpha value is -1.51. The van der Waals surface area contributed by atoms with Gasteiger partial charge in [0.15, 0.2) is 5.78 Å². The highest BCUT2D eigenvalue weighted by molar-refractivity contribution is 6.00. The number of nitrogen functional groups attached to an aromatic ring is 1. The van der Waals surface area contributed by atoms with E-state index in [1.54, 1.807) is 6.92 Å². The second-order valence-corrected chi connectivity index (χ2v) is 5.13. The van der Waals surface area contributed by atoms with E-state index in [0.717, 1.165) is 18.5 Å². The van der Waals surface area contributed by atoms with E-state index in [4.69, 9.17) is 5.73 Å². The molecular formula is C16H26N2O. The number of nitrogens with two attached hydrogens (primary N) is 1. The van der Waals surface area contributed by atoms with Gasteiger partial charge in [-0.3, -0.25) is 4.79 Å². The molecule has 0 aliphatic rings. The highest BCUT2D eigenvalue weighted by Gasteiger charge is 2.10. The summed E-state index contributed by atoms with van der Waals surface area (Å²) in [5, 5.41) is 3.53. The average molecular weight is 262 g/mol. The van der Waals surface area contributed by atoms with E-state index in [0.29, 0.717) is 17.3 Å². The number of benzene rings is 1. The Kier molecular flexibility index (Phi) is 6.40. The molecule has 3 heteroatoms. The van der Waals surface area contributed by atoms with Crippen molar-refractivity contribution in [1.82, 2.24) is 0 Å². The molecule has 0 amide bonds. The Balaban J connectivity index is 2.78. The number of rotatable bonds is 8. The van der Waals surface area contributed by atoms with Gasteiger partial charge in [-0.1, -0.05) is 33.1 Å². The van der Waals surface area contributed by atoms with Crippen molar-refractivity contribution in [3.05, 3.63) is 23.8 Å². The third-order valence-corrected chi connectivity index (χ3v) is 3.35. The van der Waals surface area contributed by atoms with Crippen LogP contribution in [0.4, 0.5) is 11.4 Å². The number of Topliss-reactive ketones (excluding diaryl/α,β-unsaturated/α-hetero) is 1. The maximum Gasteiger partial charge on any atom is 0.161 e. The minimum absolute atomic E-state index is 0.0155. The van der Waals surface area contributed by atoms with Gasteiger partial charge in [0.25, 0.3) is 0 Å². The Morgan fingerprint density at radius 2 is 2.00 bits per heavy atom. The minimum Gasteiger partial charge on any atom is -0.398 e. The molecule has 1 aromatic rings. The van der Waals surface area contributed by atoms with Crippen molar-refractivity contribution in [1.29, 1.82) is 0 Å². The summed E-state index contributed by atoms with van der Waals surface area (Å²) in [5.41, 5.74) is 7.97. The van der Waals surface area contributed by atoms with Gasteiger partial charge in [0.05, 0.1) is 0 Å². The van der Waals surface area contributed by atoms with Gasteiger partial charge in [-0.05, 0) is 38.0 Å². The van der Waals surface area contributed by atoms with Crippen LogP contribution in [-0.4, -0.2) is 11.8 Å². The number of anilines is 2. The van der Waals surface area contributed by atoms with Crippen LogP contribution in [0.25, 0.3) is 0 Å². The second-order valence-electron chi connectivity index (χ2n) is 5.13. The maximum absolute atomic E-state index is 11.5. The van der Waals surface area contributed by atoms with Gasteiger partial charge in [-0.25, -0.2) is 0 Å². The molecule has 0 bridgehead atoms. The fourth-order valence-electron chi connectivity index (χ4n) is 2.27. The first-order valence-corrected chi connectivity index (χ1v) is 7.25. The first kappa shape index (κ1) is 15.5. The fourth-order valence-corrected chi connectivity index (χ4v) is 2.27. The molecule has 3 N–H and O–H groups in total. The van der Waals surface area contributed by atoms with E-state index in [1.165, 1.54) is 19.3 Å². The zero-order valence-electron chi connectivity index (χ0n) is 12.3. The number of carbonyl (C=O) groups is 1. The molecular weight excluding hydrogens is 236 g/mol. The van der Waals surface area contributed by atoms with Crippen LogP contribution in [-0.2, 0) is 0 Å². The Labute approximate surface area is 116 Å². The monoisotopic (exact) mass is 262 g/mol. The van der Waals surface area contributed by atoms with Crippen LogP contribution in [0.5, 0.6) is 0 Å². The zero-order valence-corrected chi connectivity index (χ0v) is 12.3. The highest BCUT2D eigenvalue weighted by atomic mass is 16.1. The molecule has 0 heterocycles.